The van der Waals surface area contributed by atoms with E-state index < -0.39 is 56.7 Å². The molecule has 0 spiro atoms. The maximum atomic E-state index is 8.32. The molecule has 0 radical (unpaired) electrons. The Balaban J connectivity index is 2.66. The number of aromatic nitrogens is 1. The van der Waals surface area contributed by atoms with Gasteiger partial charge < -0.3 is 14.0 Å². The Morgan fingerprint density at radius 3 is 2.57 bits per heavy atom. The third-order valence-electron chi connectivity index (χ3n) is 2.74. The van der Waals surface area contributed by atoms with E-state index >= 15 is 0 Å². The van der Waals surface area contributed by atoms with E-state index in [9.17, 15) is 0 Å². The van der Waals surface area contributed by atoms with Crippen LogP contribution in [0.4, 0.5) is 0 Å². The van der Waals surface area contributed by atoms with Gasteiger partial charge in [0.2, 0.25) is 5.88 Å². The van der Waals surface area contributed by atoms with E-state index in [0.29, 0.717) is 0 Å². The predicted octanol–water partition coefficient (Wildman–Crippen LogP) is 3.21. The second kappa shape index (κ2) is 5.15. The van der Waals surface area contributed by atoms with Gasteiger partial charge in [0.15, 0.2) is 0 Å². The molecule has 1 aliphatic heterocycles. The minimum atomic E-state index is -3.21. The summed E-state index contributed by atoms with van der Waals surface area (Å²) >= 11 is 6.18. The highest BCUT2D eigenvalue weighted by Crippen LogP contribution is 2.36. The van der Waals surface area contributed by atoms with Gasteiger partial charge in [-0.1, -0.05) is 11.6 Å². The molecule has 1 saturated heterocycles. The van der Waals surface area contributed by atoms with Crippen molar-refractivity contribution in [3.05, 3.63) is 17.2 Å². The maximum Gasteiger partial charge on any atom is 0.496 e. The van der Waals surface area contributed by atoms with E-state index in [-0.39, 0.29) is 16.4 Å². The molecule has 1 atom stereocenters. The average molecular weight is 321 g/mol. The zero-order valence-corrected chi connectivity index (χ0v) is 13.1. The summed E-state index contributed by atoms with van der Waals surface area (Å²) in [6.45, 7) is -0.868. The van der Waals surface area contributed by atoms with Crippen LogP contribution in [0.3, 0.4) is 0 Å². The van der Waals surface area contributed by atoms with Crippen LogP contribution in [0, 0.1) is 0 Å². The van der Waals surface area contributed by atoms with Crippen molar-refractivity contribution < 1.29 is 26.4 Å². The van der Waals surface area contributed by atoms with Gasteiger partial charge in [-0.15, -0.1) is 0 Å². The van der Waals surface area contributed by atoms with Crippen LogP contribution in [0.15, 0.2) is 12.2 Å². The minimum absolute atomic E-state index is 0.179. The lowest BCUT2D eigenvalue weighted by Gasteiger charge is -2.32. The summed E-state index contributed by atoms with van der Waals surface area (Å²) in [5.74, 6) is -0.179. The molecule has 21 heavy (non-hydrogen) atoms. The quantitative estimate of drug-likeness (QED) is 0.785. The normalized spacial score (nSPS) is 32.6. The maximum absolute atomic E-state index is 8.32. The van der Waals surface area contributed by atoms with Crippen LogP contribution in [-0.4, -0.2) is 28.9 Å². The molecule has 0 amide bonds. The third-order valence-corrected chi connectivity index (χ3v) is 3.00. The van der Waals surface area contributed by atoms with Crippen molar-refractivity contribution in [3.8, 4) is 5.88 Å². The van der Waals surface area contributed by atoms with Crippen molar-refractivity contribution in [1.29, 1.82) is 0 Å². The van der Waals surface area contributed by atoms with Crippen LogP contribution in [0.1, 0.15) is 60.6 Å². The summed E-state index contributed by atoms with van der Waals surface area (Å²) in [4.78, 5) is 3.91. The first-order valence-electron chi connectivity index (χ1n) is 11.0. The van der Waals surface area contributed by atoms with E-state index in [2.05, 4.69) is 4.98 Å². The zero-order chi connectivity index (χ0) is 23.5. The molecule has 1 unspecified atom stereocenters. The summed E-state index contributed by atoms with van der Waals surface area (Å²) in [6.07, 6.45) is -0.548. The monoisotopic (exact) mass is 320 g/mol. The Hall–Kier alpha value is -0.775. The molecule has 6 heteroatoms. The summed E-state index contributed by atoms with van der Waals surface area (Å²) in [5.41, 5.74) is -6.04. The van der Waals surface area contributed by atoms with Gasteiger partial charge in [0, 0.05) is 21.2 Å². The lowest BCUT2D eigenvalue weighted by molar-refractivity contribution is 0.00578. The van der Waals surface area contributed by atoms with Crippen molar-refractivity contribution in [2.24, 2.45) is 0 Å². The van der Waals surface area contributed by atoms with Crippen molar-refractivity contribution >= 4 is 24.2 Å². The van der Waals surface area contributed by atoms with Crippen LogP contribution >= 0.6 is 11.6 Å². The highest BCUT2D eigenvalue weighted by Gasteiger charge is 2.51. The summed E-state index contributed by atoms with van der Waals surface area (Å²) < 4.78 is 88.1. The number of hydrogen-bond acceptors (Lipinski definition) is 4. The molecule has 1 fully saturated rings. The van der Waals surface area contributed by atoms with Gasteiger partial charge >= 0.3 is 7.12 Å². The largest absolute Gasteiger partial charge is 0.496 e. The molecule has 1 aromatic heterocycles. The Labute approximate surface area is 144 Å². The Bertz CT molecular complexity index is 814. The first-order valence-corrected chi connectivity index (χ1v) is 6.69. The SMILES string of the molecule is [2H]CC1(C)OB(c2c([2H])nc(OC(C)(C)C)c(Cl)c2[2H])OC1(C([2H])([2H])[2H])C([2H])([2H])[2H]. The van der Waals surface area contributed by atoms with E-state index in [0.717, 1.165) is 6.92 Å². The molecule has 0 N–H and O–H groups in total. The van der Waals surface area contributed by atoms with Crippen LogP contribution in [-0.2, 0) is 9.31 Å². The number of ether oxygens (including phenoxy) is 1. The molecule has 0 aliphatic carbocycles. The number of pyridine rings is 1. The topological polar surface area (TPSA) is 40.6 Å². The van der Waals surface area contributed by atoms with Gasteiger partial charge in [-0.3, -0.25) is 0 Å². The van der Waals surface area contributed by atoms with Crippen molar-refractivity contribution in [2.75, 3.05) is 0 Å². The van der Waals surface area contributed by atoms with Gasteiger partial charge in [-0.05, 0) is 54.3 Å². The smallest absolute Gasteiger partial charge is 0.471 e. The lowest BCUT2D eigenvalue weighted by Crippen LogP contribution is -2.41. The van der Waals surface area contributed by atoms with Gasteiger partial charge in [0.05, 0.1) is 13.9 Å². The zero-order valence-electron chi connectivity index (χ0n) is 21.3. The van der Waals surface area contributed by atoms with Crippen LogP contribution < -0.4 is 10.2 Å². The van der Waals surface area contributed by atoms with E-state index in [1.165, 1.54) is 0 Å². The molecule has 0 aromatic carbocycles. The minimum Gasteiger partial charge on any atom is -0.471 e. The second-order valence-electron chi connectivity index (χ2n) is 6.08. The van der Waals surface area contributed by atoms with Gasteiger partial charge in [-0.25, -0.2) is 4.98 Å². The number of rotatable bonds is 2. The number of halogens is 1. The first-order chi connectivity index (χ1) is 13.3. The molecule has 4 nitrogen and oxygen atoms in total. The highest BCUT2D eigenvalue weighted by molar-refractivity contribution is 6.62. The highest BCUT2D eigenvalue weighted by atomic mass is 35.5. The fourth-order valence-electron chi connectivity index (χ4n) is 1.58. The van der Waals surface area contributed by atoms with Crippen LogP contribution in [0.25, 0.3) is 0 Å². The molecule has 116 valence electrons. The van der Waals surface area contributed by atoms with Gasteiger partial charge in [-0.2, -0.15) is 0 Å². The molecule has 2 rings (SSSR count). The Morgan fingerprint density at radius 2 is 2.05 bits per heavy atom. The molecular weight excluding hydrogens is 288 g/mol. The lowest BCUT2D eigenvalue weighted by atomic mass is 9.80. The second-order valence-corrected chi connectivity index (χ2v) is 6.45. The summed E-state index contributed by atoms with van der Waals surface area (Å²) in [6, 6.07) is -0.472. The van der Waals surface area contributed by atoms with Crippen molar-refractivity contribution in [2.45, 2.75) is 65.1 Å². The number of hydrogen-bond donors (Lipinski definition) is 0. The fourth-order valence-corrected chi connectivity index (χ4v) is 1.76. The summed E-state index contributed by atoms with van der Waals surface area (Å²) in [7, 11) is -1.75. The average Bonchev–Trinajstić information content (AvgIpc) is 2.85. The van der Waals surface area contributed by atoms with Crippen LogP contribution in [0.2, 0.25) is 5.02 Å². The predicted molar refractivity (Wildman–Crippen MR) is 85.3 cm³/mol. The van der Waals surface area contributed by atoms with E-state index in [1.807, 2.05) is 0 Å². The third kappa shape index (κ3) is 3.53. The molecule has 1 aromatic rings. The van der Waals surface area contributed by atoms with Gasteiger partial charge in [0.25, 0.3) is 0 Å². The van der Waals surface area contributed by atoms with E-state index in [4.69, 9.17) is 38.0 Å². The molecule has 2 heterocycles. The molecule has 1 aliphatic rings. The van der Waals surface area contributed by atoms with Crippen molar-refractivity contribution in [1.82, 2.24) is 4.98 Å². The first kappa shape index (κ1) is 8.18. The van der Waals surface area contributed by atoms with E-state index in [1.54, 1.807) is 20.8 Å². The Kier molecular flexibility index (Phi) is 2.01. The van der Waals surface area contributed by atoms with Crippen molar-refractivity contribution in [3.63, 3.8) is 0 Å². The van der Waals surface area contributed by atoms with Gasteiger partial charge in [0.1, 0.15) is 10.6 Å². The fraction of sp³-hybridized carbons (Fsp3) is 0.667. The molecular formula is C15H23BClNO3. The summed E-state index contributed by atoms with van der Waals surface area (Å²) in [5, 5.41) is -0.268. The molecule has 0 bridgehead atoms. The van der Waals surface area contributed by atoms with Crippen LogP contribution in [0.5, 0.6) is 5.88 Å². The Morgan fingerprint density at radius 1 is 1.38 bits per heavy atom. The number of nitrogens with zero attached hydrogens (tertiary/aromatic N) is 1. The standard InChI is InChI=1S/C15H23BClNO3/c1-13(2,3)19-12-11(17)8-10(9-18-12)16-20-14(4,5)15(6,7)21-16/h8-9H,1-7H3/i4D,6D3,7D3,8D,9D. The molecule has 0 saturated carbocycles.